The van der Waals surface area contributed by atoms with Crippen LogP contribution in [-0.2, 0) is 50.1 Å². The summed E-state index contributed by atoms with van der Waals surface area (Å²) in [6.07, 6.45) is 7.19. The minimum atomic E-state index is -3.83. The maximum atomic E-state index is 13.2. The first-order valence-corrected chi connectivity index (χ1v) is 23.6. The third-order valence-electron chi connectivity index (χ3n) is 9.93. The lowest BCUT2D eigenvalue weighted by atomic mass is 9.97. The van der Waals surface area contributed by atoms with Gasteiger partial charge in [-0.1, -0.05) is 123 Å². The number of thioether (sulfide) groups is 1. The van der Waals surface area contributed by atoms with Crippen molar-refractivity contribution >= 4 is 54.9 Å². The first kappa shape index (κ1) is 49.3. The van der Waals surface area contributed by atoms with Crippen LogP contribution in [0.15, 0.2) is 198 Å². The van der Waals surface area contributed by atoms with E-state index in [4.69, 9.17) is 10.7 Å². The Labute approximate surface area is 389 Å². The van der Waals surface area contributed by atoms with E-state index < -0.39 is 21.1 Å². The summed E-state index contributed by atoms with van der Waals surface area (Å²) in [6.45, 7) is 0. The Bertz CT molecular complexity index is 2700. The number of carbonyl (C=O) groups is 4. The molecule has 2 N–H and O–H groups in total. The highest BCUT2D eigenvalue weighted by molar-refractivity contribution is 8.13. The predicted octanol–water partition coefficient (Wildman–Crippen LogP) is 9.32. The molecular weight excluding hydrogens is 876 g/mol. The molecule has 65 heavy (non-hydrogen) atoms. The van der Waals surface area contributed by atoms with Crippen molar-refractivity contribution in [2.75, 3.05) is 0 Å². The van der Waals surface area contributed by atoms with Crippen molar-refractivity contribution in [2.45, 2.75) is 60.7 Å². The van der Waals surface area contributed by atoms with Crippen molar-refractivity contribution in [3.05, 3.63) is 228 Å². The number of Topliss-reactive ketones (excluding diaryl/α,β-unsaturated/α-hetero) is 2. The number of ketones is 2. The van der Waals surface area contributed by atoms with E-state index in [2.05, 4.69) is 44.9 Å². The second-order valence-electron chi connectivity index (χ2n) is 14.7. The fourth-order valence-corrected chi connectivity index (χ4v) is 8.15. The summed E-state index contributed by atoms with van der Waals surface area (Å²) < 4.78 is 22.8. The van der Waals surface area contributed by atoms with E-state index in [0.717, 1.165) is 27.3 Å². The van der Waals surface area contributed by atoms with Crippen LogP contribution in [0.2, 0.25) is 0 Å². The SMILES string of the molecule is C.O=C(N[C@@H](Cc1ccccc1)C(=O)Cc1ccc(S(=O)(=O)Cl)cc1)c1cccnc1.O=C(N[C@@H](Cc1ccccc1)C(=O)Cc1ccc(SCc2ccccc2)cc1)c1cccnc1. The van der Waals surface area contributed by atoms with Crippen LogP contribution in [-0.4, -0.2) is 53.9 Å². The fraction of sp³-hybridized carbons (Fsp3) is 0.154. The van der Waals surface area contributed by atoms with Crippen molar-refractivity contribution in [1.82, 2.24) is 20.6 Å². The maximum absolute atomic E-state index is 13.2. The van der Waals surface area contributed by atoms with Gasteiger partial charge >= 0.3 is 0 Å². The molecule has 0 aliphatic heterocycles. The Morgan fingerprint density at radius 1 is 0.508 bits per heavy atom. The third-order valence-corrected chi connectivity index (χ3v) is 12.4. The summed E-state index contributed by atoms with van der Waals surface area (Å²) in [6, 6.07) is 48.6. The third kappa shape index (κ3) is 16.1. The van der Waals surface area contributed by atoms with E-state index >= 15 is 0 Å². The van der Waals surface area contributed by atoms with Gasteiger partial charge in [-0.25, -0.2) is 8.42 Å². The smallest absolute Gasteiger partial charge is 0.261 e. The quantitative estimate of drug-likeness (QED) is 0.0634. The molecule has 0 spiro atoms. The number of carbonyl (C=O) groups excluding carboxylic acids is 4. The molecule has 332 valence electrons. The van der Waals surface area contributed by atoms with Gasteiger partial charge in [-0.15, -0.1) is 11.8 Å². The van der Waals surface area contributed by atoms with Crippen LogP contribution < -0.4 is 10.6 Å². The number of nitrogens with one attached hydrogen (secondary N) is 2. The molecule has 2 aromatic heterocycles. The zero-order chi connectivity index (χ0) is 45.2. The van der Waals surface area contributed by atoms with Crippen molar-refractivity contribution in [3.8, 4) is 0 Å². The molecule has 0 fully saturated rings. The van der Waals surface area contributed by atoms with Gasteiger partial charge in [0.05, 0.1) is 28.1 Å². The molecule has 0 aliphatic carbocycles. The molecule has 0 aliphatic rings. The Balaban J connectivity index is 0.000000242. The predicted molar refractivity (Wildman–Crippen MR) is 257 cm³/mol. The average Bonchev–Trinajstić information content (AvgIpc) is 3.32. The summed E-state index contributed by atoms with van der Waals surface area (Å²) in [5.74, 6) is -0.00194. The normalized spacial score (nSPS) is 11.6. The summed E-state index contributed by atoms with van der Waals surface area (Å²) >= 11 is 1.77. The highest BCUT2D eigenvalue weighted by Crippen LogP contribution is 2.23. The second kappa shape index (κ2) is 24.9. The van der Waals surface area contributed by atoms with E-state index in [0.29, 0.717) is 29.5 Å². The van der Waals surface area contributed by atoms with Crippen LogP contribution in [0.1, 0.15) is 56.0 Å². The maximum Gasteiger partial charge on any atom is 0.261 e. The molecule has 2 atom stereocenters. The number of benzene rings is 5. The second-order valence-corrected chi connectivity index (χ2v) is 18.3. The van der Waals surface area contributed by atoms with Crippen molar-refractivity contribution < 1.29 is 27.6 Å². The topological polar surface area (TPSA) is 152 Å². The number of halogens is 1. The molecule has 2 amide bonds. The first-order valence-electron chi connectivity index (χ1n) is 20.3. The number of hydrogen-bond donors (Lipinski definition) is 2. The molecule has 0 radical (unpaired) electrons. The van der Waals surface area contributed by atoms with Crippen molar-refractivity contribution in [1.29, 1.82) is 0 Å². The molecule has 0 bridgehead atoms. The van der Waals surface area contributed by atoms with Gasteiger partial charge < -0.3 is 10.6 Å². The van der Waals surface area contributed by atoms with Crippen molar-refractivity contribution in [3.63, 3.8) is 0 Å². The van der Waals surface area contributed by atoms with Gasteiger partial charge in [0.1, 0.15) is 0 Å². The zero-order valence-electron chi connectivity index (χ0n) is 34.6. The van der Waals surface area contributed by atoms with Crippen LogP contribution >= 0.6 is 22.4 Å². The Morgan fingerprint density at radius 2 is 0.908 bits per heavy atom. The minimum Gasteiger partial charge on any atom is -0.342 e. The number of nitrogens with zero attached hydrogens (tertiary/aromatic N) is 2. The number of aromatic nitrogens is 2. The summed E-state index contributed by atoms with van der Waals surface area (Å²) in [5.41, 5.74) is 5.54. The fourth-order valence-electron chi connectivity index (χ4n) is 6.53. The van der Waals surface area contributed by atoms with Gasteiger partial charge in [0.25, 0.3) is 20.9 Å². The lowest BCUT2D eigenvalue weighted by Crippen LogP contribution is -2.43. The number of amides is 2. The number of hydrogen-bond acceptors (Lipinski definition) is 9. The Hall–Kier alpha value is -6.73. The molecule has 2 heterocycles. The molecule has 5 aromatic carbocycles. The van der Waals surface area contributed by atoms with Gasteiger partial charge in [-0.2, -0.15) is 0 Å². The van der Waals surface area contributed by atoms with Gasteiger partial charge in [0.2, 0.25) is 0 Å². The van der Waals surface area contributed by atoms with Gasteiger partial charge in [-0.3, -0.25) is 29.1 Å². The zero-order valence-corrected chi connectivity index (χ0v) is 37.0. The Kier molecular flexibility index (Phi) is 18.9. The van der Waals surface area contributed by atoms with E-state index in [1.807, 2.05) is 91.0 Å². The van der Waals surface area contributed by atoms with E-state index in [1.165, 1.54) is 42.2 Å². The molecule has 0 saturated carbocycles. The summed E-state index contributed by atoms with van der Waals surface area (Å²) in [4.78, 5) is 60.6. The van der Waals surface area contributed by atoms with Gasteiger partial charge in [0.15, 0.2) is 11.6 Å². The molecule has 0 saturated heterocycles. The van der Waals surface area contributed by atoms with Crippen LogP contribution in [0.3, 0.4) is 0 Å². The highest BCUT2D eigenvalue weighted by atomic mass is 35.7. The molecule has 0 unspecified atom stereocenters. The van der Waals surface area contributed by atoms with Gasteiger partial charge in [0, 0.05) is 59.0 Å². The molecule has 10 nitrogen and oxygen atoms in total. The molecular formula is C52H49ClN4O6S2. The molecule has 13 heteroatoms. The molecule has 7 rings (SSSR count). The van der Waals surface area contributed by atoms with Gasteiger partial charge in [-0.05, 0) is 89.2 Å². The van der Waals surface area contributed by atoms with Crippen LogP contribution in [0.4, 0.5) is 0 Å². The average molecular weight is 926 g/mol. The van der Waals surface area contributed by atoms with E-state index in [9.17, 15) is 27.6 Å². The monoisotopic (exact) mass is 924 g/mol. The summed E-state index contributed by atoms with van der Waals surface area (Å²) in [7, 11) is 1.50. The summed E-state index contributed by atoms with van der Waals surface area (Å²) in [5, 5.41) is 5.71. The van der Waals surface area contributed by atoms with Crippen molar-refractivity contribution in [2.24, 2.45) is 0 Å². The first-order chi connectivity index (χ1) is 31.0. The van der Waals surface area contributed by atoms with Crippen LogP contribution in [0.25, 0.3) is 0 Å². The Morgan fingerprint density at radius 3 is 1.29 bits per heavy atom. The molecule has 7 aromatic rings. The highest BCUT2D eigenvalue weighted by Gasteiger charge is 2.24. The van der Waals surface area contributed by atoms with E-state index in [-0.39, 0.29) is 48.5 Å². The van der Waals surface area contributed by atoms with E-state index in [1.54, 1.807) is 48.4 Å². The minimum absolute atomic E-state index is 0. The number of rotatable bonds is 18. The van der Waals surface area contributed by atoms with Crippen LogP contribution in [0, 0.1) is 0 Å². The lowest BCUT2D eigenvalue weighted by molar-refractivity contribution is -0.121. The lowest BCUT2D eigenvalue weighted by Gasteiger charge is -2.18. The standard InChI is InChI=1S/C29H26N2O2S.C22H19ClN2O4S.CH4/c32-28(19-23-13-15-26(16-14-23)34-21-24-10-5-2-6-11-24)27(18-22-8-3-1-4-9-22)31-29(33)25-12-7-17-30-20-25;23-30(28,29)19-10-8-17(9-11-19)14-21(26)20(13-16-5-2-1-3-6-16)25-22(27)18-7-4-12-24-15-18;/h1-17,20,27H,18-19,21H2,(H,31,33);1-12,15,20H,13-14H2,(H,25,27);1H4/t27-;20-;/m00./s1. The largest absolute Gasteiger partial charge is 0.342 e. The number of pyridine rings is 2. The van der Waals surface area contributed by atoms with Crippen LogP contribution in [0.5, 0.6) is 0 Å².